The first-order valence-corrected chi connectivity index (χ1v) is 6.68. The Balaban J connectivity index is 1.96. The Morgan fingerprint density at radius 2 is 2.27 bits per heavy atom. The van der Waals surface area contributed by atoms with Crippen LogP contribution in [0.1, 0.15) is 39.5 Å². The minimum atomic E-state index is 0.520. The van der Waals surface area contributed by atoms with E-state index < -0.39 is 0 Å². The van der Waals surface area contributed by atoms with Gasteiger partial charge in [0.15, 0.2) is 0 Å². The first-order valence-electron chi connectivity index (χ1n) is 6.15. The predicted octanol–water partition coefficient (Wildman–Crippen LogP) is 2.80. The van der Waals surface area contributed by atoms with Gasteiger partial charge in [0.1, 0.15) is 0 Å². The zero-order valence-corrected chi connectivity index (χ0v) is 10.7. The van der Waals surface area contributed by atoms with Crippen molar-refractivity contribution in [1.82, 2.24) is 5.32 Å². The molecule has 1 aliphatic rings. The maximum atomic E-state index is 5.80. The van der Waals surface area contributed by atoms with Gasteiger partial charge in [0.25, 0.3) is 0 Å². The van der Waals surface area contributed by atoms with E-state index in [4.69, 9.17) is 16.3 Å². The number of ether oxygens (including phenoxy) is 1. The van der Waals surface area contributed by atoms with E-state index in [0.29, 0.717) is 18.1 Å². The molecule has 3 atom stereocenters. The van der Waals surface area contributed by atoms with Crippen LogP contribution in [0.4, 0.5) is 0 Å². The largest absolute Gasteiger partial charge is 0.378 e. The quantitative estimate of drug-likeness (QED) is 0.540. The molecular formula is C12H24ClNO. The van der Waals surface area contributed by atoms with Crippen LogP contribution in [0.25, 0.3) is 0 Å². The van der Waals surface area contributed by atoms with E-state index in [9.17, 15) is 0 Å². The lowest BCUT2D eigenvalue weighted by Gasteiger charge is -2.19. The van der Waals surface area contributed by atoms with E-state index in [1.165, 1.54) is 25.7 Å². The van der Waals surface area contributed by atoms with E-state index in [1.54, 1.807) is 0 Å². The Kier molecular flexibility index (Phi) is 6.62. The SMILES string of the molecule is CC(CCl)C(C)NCCCC1CCCO1. The number of halogens is 1. The highest BCUT2D eigenvalue weighted by molar-refractivity contribution is 6.18. The first kappa shape index (κ1) is 13.3. The summed E-state index contributed by atoms with van der Waals surface area (Å²) >= 11 is 5.80. The van der Waals surface area contributed by atoms with Crippen LogP contribution in [0, 0.1) is 5.92 Å². The second-order valence-electron chi connectivity index (χ2n) is 4.65. The van der Waals surface area contributed by atoms with E-state index in [2.05, 4.69) is 19.2 Å². The lowest BCUT2D eigenvalue weighted by Crippen LogP contribution is -2.33. The van der Waals surface area contributed by atoms with Gasteiger partial charge in [0, 0.05) is 18.5 Å². The maximum Gasteiger partial charge on any atom is 0.0576 e. The van der Waals surface area contributed by atoms with Crippen molar-refractivity contribution in [2.45, 2.75) is 51.7 Å². The molecule has 0 bridgehead atoms. The molecule has 1 rings (SSSR count). The van der Waals surface area contributed by atoms with Crippen molar-refractivity contribution < 1.29 is 4.74 Å². The van der Waals surface area contributed by atoms with Gasteiger partial charge in [-0.05, 0) is 45.1 Å². The van der Waals surface area contributed by atoms with Gasteiger partial charge in [-0.25, -0.2) is 0 Å². The van der Waals surface area contributed by atoms with Crippen LogP contribution in [-0.4, -0.2) is 31.2 Å². The summed E-state index contributed by atoms with van der Waals surface area (Å²) in [6.45, 7) is 6.45. The van der Waals surface area contributed by atoms with Crippen molar-refractivity contribution in [3.05, 3.63) is 0 Å². The fourth-order valence-electron chi connectivity index (χ4n) is 1.87. The van der Waals surface area contributed by atoms with Gasteiger partial charge in [-0.1, -0.05) is 6.92 Å². The summed E-state index contributed by atoms with van der Waals surface area (Å²) < 4.78 is 5.58. The van der Waals surface area contributed by atoms with E-state index in [-0.39, 0.29) is 0 Å². The van der Waals surface area contributed by atoms with Gasteiger partial charge < -0.3 is 10.1 Å². The van der Waals surface area contributed by atoms with E-state index >= 15 is 0 Å². The summed E-state index contributed by atoms with van der Waals surface area (Å²) in [6.07, 6.45) is 5.46. The average Bonchev–Trinajstić information content (AvgIpc) is 2.75. The molecule has 0 aromatic carbocycles. The van der Waals surface area contributed by atoms with E-state index in [1.807, 2.05) is 0 Å². The van der Waals surface area contributed by atoms with Crippen molar-refractivity contribution in [2.24, 2.45) is 5.92 Å². The van der Waals surface area contributed by atoms with Gasteiger partial charge in [0.2, 0.25) is 0 Å². The van der Waals surface area contributed by atoms with Crippen molar-refractivity contribution >= 4 is 11.6 Å². The van der Waals surface area contributed by atoms with Crippen LogP contribution < -0.4 is 5.32 Å². The summed E-state index contributed by atoms with van der Waals surface area (Å²) in [5, 5.41) is 3.52. The van der Waals surface area contributed by atoms with Crippen LogP contribution in [0.3, 0.4) is 0 Å². The highest BCUT2D eigenvalue weighted by Crippen LogP contribution is 2.16. The van der Waals surface area contributed by atoms with Gasteiger partial charge in [0.05, 0.1) is 6.10 Å². The fraction of sp³-hybridized carbons (Fsp3) is 1.00. The Bertz CT molecular complexity index is 160. The molecule has 1 fully saturated rings. The van der Waals surface area contributed by atoms with Crippen molar-refractivity contribution in [1.29, 1.82) is 0 Å². The molecule has 1 saturated heterocycles. The van der Waals surface area contributed by atoms with Gasteiger partial charge in [-0.2, -0.15) is 0 Å². The molecule has 0 aliphatic carbocycles. The highest BCUT2D eigenvalue weighted by Gasteiger charge is 2.15. The minimum absolute atomic E-state index is 0.520. The number of nitrogens with one attached hydrogen (secondary N) is 1. The van der Waals surface area contributed by atoms with Crippen LogP contribution in [-0.2, 0) is 4.74 Å². The number of hydrogen-bond acceptors (Lipinski definition) is 2. The number of alkyl halides is 1. The van der Waals surface area contributed by atoms with Gasteiger partial charge >= 0.3 is 0 Å². The van der Waals surface area contributed by atoms with Crippen LogP contribution in [0.2, 0.25) is 0 Å². The monoisotopic (exact) mass is 233 g/mol. The van der Waals surface area contributed by atoms with Crippen LogP contribution in [0.5, 0.6) is 0 Å². The standard InChI is InChI=1S/C12H24ClNO/c1-10(9-13)11(2)14-7-3-5-12-6-4-8-15-12/h10-12,14H,3-9H2,1-2H3. The maximum absolute atomic E-state index is 5.80. The molecule has 0 saturated carbocycles. The third-order valence-corrected chi connectivity index (χ3v) is 3.78. The summed E-state index contributed by atoms with van der Waals surface area (Å²) in [4.78, 5) is 0. The Hall–Kier alpha value is 0.210. The molecule has 0 aromatic heterocycles. The molecule has 1 heterocycles. The van der Waals surface area contributed by atoms with Gasteiger partial charge in [-0.3, -0.25) is 0 Å². The second kappa shape index (κ2) is 7.48. The van der Waals surface area contributed by atoms with Crippen molar-refractivity contribution in [3.8, 4) is 0 Å². The average molecular weight is 234 g/mol. The van der Waals surface area contributed by atoms with Crippen molar-refractivity contribution in [2.75, 3.05) is 19.0 Å². The van der Waals surface area contributed by atoms with Crippen LogP contribution >= 0.6 is 11.6 Å². The molecular weight excluding hydrogens is 210 g/mol. The molecule has 0 radical (unpaired) electrons. The summed E-state index contributed by atoms with van der Waals surface area (Å²) in [6, 6.07) is 0.520. The molecule has 1 N–H and O–H groups in total. The molecule has 90 valence electrons. The Labute approximate surface area is 98.7 Å². The highest BCUT2D eigenvalue weighted by atomic mass is 35.5. The molecule has 0 amide bonds. The normalized spacial score (nSPS) is 25.4. The lowest BCUT2D eigenvalue weighted by molar-refractivity contribution is 0.102. The third-order valence-electron chi connectivity index (χ3n) is 3.29. The molecule has 0 aromatic rings. The summed E-state index contributed by atoms with van der Waals surface area (Å²) in [7, 11) is 0. The molecule has 15 heavy (non-hydrogen) atoms. The third kappa shape index (κ3) is 5.19. The first-order chi connectivity index (χ1) is 7.24. The van der Waals surface area contributed by atoms with Crippen molar-refractivity contribution in [3.63, 3.8) is 0 Å². The lowest BCUT2D eigenvalue weighted by atomic mass is 10.1. The second-order valence-corrected chi connectivity index (χ2v) is 4.96. The zero-order valence-electron chi connectivity index (χ0n) is 9.97. The summed E-state index contributed by atoms with van der Waals surface area (Å²) in [5.41, 5.74) is 0. The number of hydrogen-bond donors (Lipinski definition) is 1. The topological polar surface area (TPSA) is 21.3 Å². The van der Waals surface area contributed by atoms with Crippen LogP contribution in [0.15, 0.2) is 0 Å². The molecule has 2 nitrogen and oxygen atoms in total. The minimum Gasteiger partial charge on any atom is -0.378 e. The fourth-order valence-corrected chi connectivity index (χ4v) is 2.13. The smallest absolute Gasteiger partial charge is 0.0576 e. The Morgan fingerprint density at radius 1 is 1.47 bits per heavy atom. The molecule has 1 aliphatic heterocycles. The molecule has 3 heteroatoms. The Morgan fingerprint density at radius 3 is 2.87 bits per heavy atom. The van der Waals surface area contributed by atoms with Gasteiger partial charge in [-0.15, -0.1) is 11.6 Å². The molecule has 3 unspecified atom stereocenters. The zero-order chi connectivity index (χ0) is 11.1. The summed E-state index contributed by atoms with van der Waals surface area (Å²) in [5.74, 6) is 1.29. The predicted molar refractivity (Wildman–Crippen MR) is 65.6 cm³/mol. The molecule has 0 spiro atoms. The number of rotatable bonds is 7. The van der Waals surface area contributed by atoms with E-state index in [0.717, 1.165) is 19.0 Å².